The number of hydrogen-bond acceptors (Lipinski definition) is 3. The van der Waals surface area contributed by atoms with Crippen molar-refractivity contribution in [2.24, 2.45) is 0 Å². The van der Waals surface area contributed by atoms with Crippen LogP contribution < -0.4 is 4.90 Å². The summed E-state index contributed by atoms with van der Waals surface area (Å²) < 4.78 is 4.51. The van der Waals surface area contributed by atoms with Gasteiger partial charge in [0.05, 0.1) is 11.0 Å². The minimum Gasteiger partial charge on any atom is -0.311 e. The minimum absolute atomic E-state index is 0.777. The molecule has 55 heavy (non-hydrogen) atoms. The van der Waals surface area contributed by atoms with E-state index in [1.807, 2.05) is 12.1 Å². The number of aromatic nitrogens is 4. The molecule has 10 rings (SSSR count). The molecule has 0 N–H and O–H groups in total. The highest BCUT2D eigenvalue weighted by atomic mass is 15.3. The fraction of sp³-hybridized carbons (Fsp3) is 0. The van der Waals surface area contributed by atoms with Gasteiger partial charge in [-0.15, -0.1) is 10.2 Å². The van der Waals surface area contributed by atoms with Gasteiger partial charge in [-0.1, -0.05) is 121 Å². The number of para-hydroxylation sites is 4. The average molecular weight is 706 g/mol. The molecule has 0 fully saturated rings. The van der Waals surface area contributed by atoms with E-state index >= 15 is 0 Å². The fourth-order valence-electron chi connectivity index (χ4n) is 7.68. The molecule has 2 aromatic heterocycles. The summed E-state index contributed by atoms with van der Waals surface area (Å²) in [5.74, 6) is 1.57. The van der Waals surface area contributed by atoms with E-state index in [9.17, 15) is 0 Å². The molecular weight excluding hydrogens is 671 g/mol. The molecule has 0 unspecified atom stereocenters. The lowest BCUT2D eigenvalue weighted by Crippen LogP contribution is -2.10. The Kier molecular flexibility index (Phi) is 8.08. The largest absolute Gasteiger partial charge is 0.311 e. The van der Waals surface area contributed by atoms with E-state index in [1.165, 1.54) is 21.8 Å². The zero-order valence-corrected chi connectivity index (χ0v) is 29.9. The van der Waals surface area contributed by atoms with E-state index in [4.69, 9.17) is 10.2 Å². The molecule has 0 aliphatic carbocycles. The second-order valence-electron chi connectivity index (χ2n) is 13.6. The van der Waals surface area contributed by atoms with Gasteiger partial charge in [-0.3, -0.25) is 4.57 Å². The third kappa shape index (κ3) is 5.85. The number of anilines is 3. The van der Waals surface area contributed by atoms with Crippen LogP contribution in [-0.2, 0) is 0 Å². The Morgan fingerprint density at radius 3 is 1.40 bits per heavy atom. The molecule has 0 saturated heterocycles. The van der Waals surface area contributed by atoms with Crippen molar-refractivity contribution < 1.29 is 0 Å². The first-order chi connectivity index (χ1) is 27.3. The Bertz CT molecular complexity index is 2840. The maximum absolute atomic E-state index is 4.81. The number of nitrogens with zero attached hydrogens (tertiary/aromatic N) is 5. The summed E-state index contributed by atoms with van der Waals surface area (Å²) in [6.07, 6.45) is 0. The summed E-state index contributed by atoms with van der Waals surface area (Å²) >= 11 is 0. The van der Waals surface area contributed by atoms with Gasteiger partial charge in [0.15, 0.2) is 11.6 Å². The maximum Gasteiger partial charge on any atom is 0.168 e. The highest BCUT2D eigenvalue weighted by Gasteiger charge is 2.20. The van der Waals surface area contributed by atoms with Gasteiger partial charge in [-0.25, -0.2) is 0 Å². The Balaban J connectivity index is 1.04. The zero-order valence-electron chi connectivity index (χ0n) is 29.9. The molecule has 0 bridgehead atoms. The number of fused-ring (bicyclic) bond motifs is 3. The Hall–Kier alpha value is -7.50. The monoisotopic (exact) mass is 705 g/mol. The van der Waals surface area contributed by atoms with E-state index in [0.29, 0.717) is 0 Å². The van der Waals surface area contributed by atoms with Crippen LogP contribution in [0.2, 0.25) is 0 Å². The van der Waals surface area contributed by atoms with Gasteiger partial charge in [-0.05, 0) is 102 Å². The average Bonchev–Trinajstić information content (AvgIpc) is 3.86. The predicted octanol–water partition coefficient (Wildman–Crippen LogP) is 12.8. The van der Waals surface area contributed by atoms with Crippen molar-refractivity contribution in [3.05, 3.63) is 212 Å². The van der Waals surface area contributed by atoms with Crippen molar-refractivity contribution in [3.8, 4) is 45.3 Å². The van der Waals surface area contributed by atoms with Gasteiger partial charge in [0.25, 0.3) is 0 Å². The number of benzene rings is 8. The van der Waals surface area contributed by atoms with E-state index in [0.717, 1.165) is 62.3 Å². The van der Waals surface area contributed by atoms with Gasteiger partial charge >= 0.3 is 0 Å². The van der Waals surface area contributed by atoms with Crippen LogP contribution in [0.1, 0.15) is 0 Å². The summed E-state index contributed by atoms with van der Waals surface area (Å²) in [5.41, 5.74) is 12.0. The second-order valence-corrected chi connectivity index (χ2v) is 13.6. The van der Waals surface area contributed by atoms with Crippen molar-refractivity contribution in [2.75, 3.05) is 4.90 Å². The summed E-state index contributed by atoms with van der Waals surface area (Å²) in [6.45, 7) is 0. The first-order valence-electron chi connectivity index (χ1n) is 18.5. The van der Waals surface area contributed by atoms with Crippen molar-refractivity contribution in [1.29, 1.82) is 0 Å². The molecular formula is C50H35N5. The van der Waals surface area contributed by atoms with Crippen molar-refractivity contribution in [3.63, 3.8) is 0 Å². The minimum atomic E-state index is 0.777. The standard InChI is InChI=1S/C50H35N5/c1-4-15-36(16-5-1)38-17-14-18-39(35-38)50-52-51-49(55(50)41-21-8-3-9-22-41)37-27-29-42(30-28-37)53(40-19-6-2-7-20-40)43-31-33-44(34-32-43)54-47-25-12-10-23-45(47)46-24-11-13-26-48(46)54/h1-35H. The highest BCUT2D eigenvalue weighted by Crippen LogP contribution is 2.38. The van der Waals surface area contributed by atoms with Crippen LogP contribution in [-0.4, -0.2) is 19.3 Å². The molecule has 0 spiro atoms. The topological polar surface area (TPSA) is 38.9 Å². The first-order valence-corrected chi connectivity index (χ1v) is 18.5. The molecule has 5 nitrogen and oxygen atoms in total. The maximum atomic E-state index is 4.81. The van der Waals surface area contributed by atoms with Crippen molar-refractivity contribution in [2.45, 2.75) is 0 Å². The third-order valence-electron chi connectivity index (χ3n) is 10.2. The molecule has 2 heterocycles. The van der Waals surface area contributed by atoms with Gasteiger partial charge in [-0.2, -0.15) is 0 Å². The van der Waals surface area contributed by atoms with Crippen LogP contribution in [0.5, 0.6) is 0 Å². The summed E-state index contributed by atoms with van der Waals surface area (Å²) in [5, 5.41) is 12.1. The third-order valence-corrected chi connectivity index (χ3v) is 10.2. The molecule has 260 valence electrons. The van der Waals surface area contributed by atoms with Crippen LogP contribution in [0.15, 0.2) is 212 Å². The molecule has 10 aromatic rings. The van der Waals surface area contributed by atoms with Gasteiger partial charge in [0, 0.05) is 50.3 Å². The normalized spacial score (nSPS) is 11.3. The quantitative estimate of drug-likeness (QED) is 0.158. The summed E-state index contributed by atoms with van der Waals surface area (Å²) in [4.78, 5) is 2.29. The van der Waals surface area contributed by atoms with Gasteiger partial charge in [0.1, 0.15) is 0 Å². The first kappa shape index (κ1) is 32.2. The Morgan fingerprint density at radius 1 is 0.309 bits per heavy atom. The molecule has 0 aliphatic heterocycles. The summed E-state index contributed by atoms with van der Waals surface area (Å²) in [7, 11) is 0. The SMILES string of the molecule is c1ccc(-c2cccc(-c3nnc(-c4ccc(N(c5ccccc5)c5ccc(-n6c7ccccc7c7ccccc76)cc5)cc4)n3-c3ccccc3)c2)cc1. The lowest BCUT2D eigenvalue weighted by Gasteiger charge is -2.26. The molecule has 0 radical (unpaired) electrons. The Morgan fingerprint density at radius 2 is 0.764 bits per heavy atom. The lowest BCUT2D eigenvalue weighted by atomic mass is 10.0. The molecule has 0 amide bonds. The van der Waals surface area contributed by atoms with Crippen LogP contribution in [0.3, 0.4) is 0 Å². The van der Waals surface area contributed by atoms with E-state index < -0.39 is 0 Å². The second kappa shape index (κ2) is 13.8. The number of hydrogen-bond donors (Lipinski definition) is 0. The Labute approximate surface area is 319 Å². The molecule has 8 aromatic carbocycles. The predicted molar refractivity (Wildman–Crippen MR) is 227 cm³/mol. The van der Waals surface area contributed by atoms with E-state index in [1.54, 1.807) is 0 Å². The van der Waals surface area contributed by atoms with Gasteiger partial charge in [0.2, 0.25) is 0 Å². The molecule has 0 aliphatic rings. The van der Waals surface area contributed by atoms with Crippen LogP contribution >= 0.6 is 0 Å². The van der Waals surface area contributed by atoms with Gasteiger partial charge < -0.3 is 9.47 Å². The molecule has 0 atom stereocenters. The molecule has 0 saturated carbocycles. The zero-order chi connectivity index (χ0) is 36.6. The summed E-state index contributed by atoms with van der Waals surface area (Å²) in [6, 6.07) is 74.6. The van der Waals surface area contributed by atoms with E-state index in [2.05, 4.69) is 214 Å². The van der Waals surface area contributed by atoms with Crippen LogP contribution in [0.4, 0.5) is 17.1 Å². The van der Waals surface area contributed by atoms with E-state index in [-0.39, 0.29) is 0 Å². The van der Waals surface area contributed by atoms with Crippen molar-refractivity contribution >= 4 is 38.9 Å². The van der Waals surface area contributed by atoms with Crippen molar-refractivity contribution in [1.82, 2.24) is 19.3 Å². The number of rotatable bonds is 8. The highest BCUT2D eigenvalue weighted by molar-refractivity contribution is 6.09. The smallest absolute Gasteiger partial charge is 0.168 e. The fourth-order valence-corrected chi connectivity index (χ4v) is 7.68. The van der Waals surface area contributed by atoms with Crippen LogP contribution in [0, 0.1) is 0 Å². The van der Waals surface area contributed by atoms with Crippen LogP contribution in [0.25, 0.3) is 67.1 Å². The lowest BCUT2D eigenvalue weighted by molar-refractivity contribution is 1.07. The molecule has 5 heteroatoms.